The highest BCUT2D eigenvalue weighted by Gasteiger charge is 2.42. The van der Waals surface area contributed by atoms with Gasteiger partial charge in [-0.1, -0.05) is 6.92 Å². The van der Waals surface area contributed by atoms with Crippen LogP contribution in [0.4, 0.5) is 0 Å². The molecule has 6 heteroatoms. The summed E-state index contributed by atoms with van der Waals surface area (Å²) >= 11 is 0. The molecule has 0 aromatic heterocycles. The largest absolute Gasteiger partial charge is 0.390 e. The van der Waals surface area contributed by atoms with E-state index in [1.807, 2.05) is 0 Å². The van der Waals surface area contributed by atoms with Crippen molar-refractivity contribution in [3.8, 4) is 0 Å². The van der Waals surface area contributed by atoms with E-state index in [1.54, 1.807) is 6.92 Å². The smallest absolute Gasteiger partial charge is 0.209 e. The van der Waals surface area contributed by atoms with Gasteiger partial charge >= 0.3 is 0 Å². The summed E-state index contributed by atoms with van der Waals surface area (Å²) in [5.41, 5.74) is 0. The Hall–Kier alpha value is -0.720. The first-order valence-corrected chi connectivity index (χ1v) is 4.59. The van der Waals surface area contributed by atoms with Crippen LogP contribution in [-0.2, 0) is 0 Å². The molecule has 0 radical (unpaired) electrons. The fourth-order valence-electron chi connectivity index (χ4n) is 1.95. The van der Waals surface area contributed by atoms with Crippen LogP contribution in [0.15, 0.2) is 0 Å². The average Bonchev–Trinajstić information content (AvgIpc) is 2.10. The molecule has 82 valence electrons. The second-order valence-corrected chi connectivity index (χ2v) is 3.96. The minimum atomic E-state index is -1.27. The fraction of sp³-hybridized carbons (Fsp3) is 1.00. The Labute approximate surface area is 81.3 Å². The molecule has 6 nitrogen and oxygen atoms in total. The number of nitrogens with zero attached hydrogens (tertiary/aromatic N) is 1. The van der Waals surface area contributed by atoms with Gasteiger partial charge in [0.1, 0.15) is 6.10 Å². The Kier molecular flexibility index (Phi) is 3.41. The molecule has 5 unspecified atom stereocenters. The zero-order valence-corrected chi connectivity index (χ0v) is 7.91. The highest BCUT2D eigenvalue weighted by atomic mass is 16.6. The van der Waals surface area contributed by atoms with Crippen molar-refractivity contribution >= 4 is 0 Å². The van der Waals surface area contributed by atoms with E-state index in [0.717, 1.165) is 0 Å². The lowest BCUT2D eigenvalue weighted by Crippen LogP contribution is -2.51. The van der Waals surface area contributed by atoms with Crippen molar-refractivity contribution in [3.63, 3.8) is 0 Å². The molecule has 0 saturated heterocycles. The van der Waals surface area contributed by atoms with Crippen molar-refractivity contribution in [1.29, 1.82) is 0 Å². The van der Waals surface area contributed by atoms with Crippen LogP contribution in [0.25, 0.3) is 0 Å². The molecule has 0 spiro atoms. The molecule has 0 amide bonds. The molecule has 0 aromatic rings. The molecule has 0 heterocycles. The Balaban J connectivity index is 2.65. The van der Waals surface area contributed by atoms with E-state index in [0.29, 0.717) is 6.42 Å². The summed E-state index contributed by atoms with van der Waals surface area (Å²) in [6, 6.07) is 0. The van der Waals surface area contributed by atoms with Gasteiger partial charge in [0.2, 0.25) is 6.54 Å². The van der Waals surface area contributed by atoms with Crippen LogP contribution in [0, 0.1) is 22.0 Å². The molecule has 14 heavy (non-hydrogen) atoms. The lowest BCUT2D eigenvalue weighted by atomic mass is 9.76. The van der Waals surface area contributed by atoms with Gasteiger partial charge < -0.3 is 15.3 Å². The molecule has 1 aliphatic carbocycles. The number of nitro groups is 1. The normalized spacial score (nSPS) is 43.6. The van der Waals surface area contributed by atoms with Crippen molar-refractivity contribution < 1.29 is 20.2 Å². The van der Waals surface area contributed by atoms with Gasteiger partial charge in [0.25, 0.3) is 0 Å². The highest BCUT2D eigenvalue weighted by molar-refractivity contribution is 4.90. The molecule has 0 aliphatic heterocycles. The maximum Gasteiger partial charge on any atom is 0.209 e. The predicted molar refractivity (Wildman–Crippen MR) is 47.2 cm³/mol. The second kappa shape index (κ2) is 4.20. The summed E-state index contributed by atoms with van der Waals surface area (Å²) < 4.78 is 0. The Morgan fingerprint density at radius 3 is 2.36 bits per heavy atom. The van der Waals surface area contributed by atoms with Gasteiger partial charge in [-0.05, 0) is 12.3 Å². The summed E-state index contributed by atoms with van der Waals surface area (Å²) in [6.07, 6.45) is -3.11. The number of rotatable bonds is 2. The predicted octanol–water partition coefficient (Wildman–Crippen LogP) is -0.998. The van der Waals surface area contributed by atoms with Gasteiger partial charge in [-0.15, -0.1) is 0 Å². The summed E-state index contributed by atoms with van der Waals surface area (Å²) in [5, 5.41) is 38.5. The highest BCUT2D eigenvalue weighted by Crippen LogP contribution is 2.29. The van der Waals surface area contributed by atoms with Crippen LogP contribution >= 0.6 is 0 Å². The zero-order valence-electron chi connectivity index (χ0n) is 7.91. The SMILES string of the molecule is CC1CC(C[N+](=O)[O-])C(O)C(O)C1O. The summed E-state index contributed by atoms with van der Waals surface area (Å²) in [4.78, 5) is 9.75. The van der Waals surface area contributed by atoms with Crippen LogP contribution in [0.2, 0.25) is 0 Å². The molecule has 3 N–H and O–H groups in total. The molecule has 1 aliphatic rings. The molecular formula is C8H15NO5. The quantitative estimate of drug-likeness (QED) is 0.396. The molecule has 1 fully saturated rings. The first-order chi connectivity index (χ1) is 6.43. The van der Waals surface area contributed by atoms with Gasteiger partial charge in [-0.2, -0.15) is 0 Å². The molecule has 1 saturated carbocycles. The van der Waals surface area contributed by atoms with Crippen molar-refractivity contribution in [2.45, 2.75) is 31.7 Å². The third-order valence-electron chi connectivity index (χ3n) is 2.82. The van der Waals surface area contributed by atoms with E-state index in [2.05, 4.69) is 0 Å². The van der Waals surface area contributed by atoms with Gasteiger partial charge in [-0.3, -0.25) is 10.1 Å². The van der Waals surface area contributed by atoms with Crippen LogP contribution in [0.3, 0.4) is 0 Å². The van der Waals surface area contributed by atoms with E-state index >= 15 is 0 Å². The lowest BCUT2D eigenvalue weighted by Gasteiger charge is -2.37. The average molecular weight is 205 g/mol. The summed E-state index contributed by atoms with van der Waals surface area (Å²) in [6.45, 7) is 1.34. The van der Waals surface area contributed by atoms with Crippen LogP contribution in [-0.4, -0.2) is 45.1 Å². The molecule has 0 bridgehead atoms. The maximum absolute atomic E-state index is 10.3. The maximum atomic E-state index is 10.3. The monoisotopic (exact) mass is 205 g/mol. The second-order valence-electron chi connectivity index (χ2n) is 3.96. The van der Waals surface area contributed by atoms with E-state index in [9.17, 15) is 25.4 Å². The number of hydrogen-bond donors (Lipinski definition) is 3. The minimum Gasteiger partial charge on any atom is -0.390 e. The Bertz CT molecular complexity index is 222. The van der Waals surface area contributed by atoms with Crippen LogP contribution in [0.5, 0.6) is 0 Å². The van der Waals surface area contributed by atoms with Crippen molar-refractivity contribution in [2.75, 3.05) is 6.54 Å². The van der Waals surface area contributed by atoms with E-state index in [4.69, 9.17) is 0 Å². The molecule has 5 atom stereocenters. The first kappa shape index (κ1) is 11.4. The van der Waals surface area contributed by atoms with E-state index < -0.39 is 29.2 Å². The van der Waals surface area contributed by atoms with Crippen LogP contribution in [0.1, 0.15) is 13.3 Å². The zero-order chi connectivity index (χ0) is 10.9. The molecule has 0 aromatic carbocycles. The summed E-state index contributed by atoms with van der Waals surface area (Å²) in [7, 11) is 0. The van der Waals surface area contributed by atoms with Gasteiger partial charge in [0.05, 0.1) is 18.1 Å². The summed E-state index contributed by atoms with van der Waals surface area (Å²) in [5.74, 6) is -0.795. The Morgan fingerprint density at radius 2 is 1.86 bits per heavy atom. The molecular weight excluding hydrogens is 190 g/mol. The standard InChI is InChI=1S/C8H15NO5/c1-4-2-5(3-9(13)14)7(11)8(12)6(4)10/h4-8,10-12H,2-3H2,1H3. The van der Waals surface area contributed by atoms with Crippen molar-refractivity contribution in [1.82, 2.24) is 0 Å². The topological polar surface area (TPSA) is 104 Å². The van der Waals surface area contributed by atoms with Gasteiger partial charge in [0, 0.05) is 4.92 Å². The first-order valence-electron chi connectivity index (χ1n) is 4.59. The van der Waals surface area contributed by atoms with E-state index in [-0.39, 0.29) is 12.5 Å². The van der Waals surface area contributed by atoms with Crippen molar-refractivity contribution in [3.05, 3.63) is 10.1 Å². The van der Waals surface area contributed by atoms with E-state index in [1.165, 1.54) is 0 Å². The fourth-order valence-corrected chi connectivity index (χ4v) is 1.95. The number of aliphatic hydroxyl groups excluding tert-OH is 3. The number of aliphatic hydroxyl groups is 3. The van der Waals surface area contributed by atoms with Gasteiger partial charge in [-0.25, -0.2) is 0 Å². The third kappa shape index (κ3) is 2.20. The van der Waals surface area contributed by atoms with Crippen molar-refractivity contribution in [2.24, 2.45) is 11.8 Å². The minimum absolute atomic E-state index is 0.224. The molecule has 1 rings (SSSR count). The van der Waals surface area contributed by atoms with Crippen LogP contribution < -0.4 is 0 Å². The van der Waals surface area contributed by atoms with Gasteiger partial charge in [0.15, 0.2) is 0 Å². The Morgan fingerprint density at radius 1 is 1.29 bits per heavy atom. The third-order valence-corrected chi connectivity index (χ3v) is 2.82. The lowest BCUT2D eigenvalue weighted by molar-refractivity contribution is -0.493. The number of hydrogen-bond acceptors (Lipinski definition) is 5.